The first-order valence-corrected chi connectivity index (χ1v) is 10.4. The van der Waals surface area contributed by atoms with Crippen molar-refractivity contribution in [2.24, 2.45) is 0 Å². The number of rotatable bonds is 5. The first-order valence-electron chi connectivity index (χ1n) is 9.54. The summed E-state index contributed by atoms with van der Waals surface area (Å²) in [6.07, 6.45) is 2.86. The molecule has 144 valence electrons. The van der Waals surface area contributed by atoms with Gasteiger partial charge in [-0.1, -0.05) is 54.6 Å². The molecule has 0 spiro atoms. The van der Waals surface area contributed by atoms with Crippen molar-refractivity contribution in [1.82, 2.24) is 0 Å². The van der Waals surface area contributed by atoms with Crippen LogP contribution in [-0.2, 0) is 12.8 Å². The van der Waals surface area contributed by atoms with Crippen LogP contribution in [0.4, 0.5) is 5.00 Å². The molecular formula is C23H23NO3S. The van der Waals surface area contributed by atoms with Crippen molar-refractivity contribution in [1.29, 1.82) is 0 Å². The van der Waals surface area contributed by atoms with Crippen molar-refractivity contribution in [3.8, 4) is 0 Å². The Morgan fingerprint density at radius 2 is 1.61 bits per heavy atom. The number of thiophene rings is 1. The van der Waals surface area contributed by atoms with E-state index in [4.69, 9.17) is 0 Å². The molecule has 3 N–H and O–H groups in total. The Morgan fingerprint density at radius 1 is 1.00 bits per heavy atom. The number of anilines is 1. The van der Waals surface area contributed by atoms with E-state index < -0.39 is 12.2 Å². The number of hydrogen-bond donors (Lipinski definition) is 3. The second kappa shape index (κ2) is 8.17. The highest BCUT2D eigenvalue weighted by Crippen LogP contribution is 2.40. The summed E-state index contributed by atoms with van der Waals surface area (Å²) in [5, 5.41) is 25.8. The van der Waals surface area contributed by atoms with Crippen LogP contribution in [0.3, 0.4) is 0 Å². The van der Waals surface area contributed by atoms with Crippen LogP contribution in [0.15, 0.2) is 60.0 Å². The van der Waals surface area contributed by atoms with E-state index in [1.54, 1.807) is 0 Å². The van der Waals surface area contributed by atoms with E-state index in [0.29, 0.717) is 16.1 Å². The number of fused-ring (bicyclic) bond motifs is 1. The highest BCUT2D eigenvalue weighted by molar-refractivity contribution is 7.14. The summed E-state index contributed by atoms with van der Waals surface area (Å²) in [5.74, 6) is -0.736. The van der Waals surface area contributed by atoms with Gasteiger partial charge in [0.25, 0.3) is 0 Å². The van der Waals surface area contributed by atoms with Gasteiger partial charge in [0, 0.05) is 5.56 Å². The van der Waals surface area contributed by atoms with Gasteiger partial charge in [0.2, 0.25) is 0 Å². The van der Waals surface area contributed by atoms with Crippen LogP contribution in [0.25, 0.3) is 0 Å². The fourth-order valence-electron chi connectivity index (χ4n) is 4.00. The number of carboxylic acids is 1. The molecular weight excluding hydrogens is 370 g/mol. The SMILES string of the molecule is O=C(O)c1c(C2CCc3ccccc3CC2)csc1NC(O)c1ccccc1. The average molecular weight is 394 g/mol. The maximum Gasteiger partial charge on any atom is 0.338 e. The van der Waals surface area contributed by atoms with Crippen LogP contribution < -0.4 is 5.32 Å². The van der Waals surface area contributed by atoms with Crippen LogP contribution in [-0.4, -0.2) is 16.2 Å². The van der Waals surface area contributed by atoms with Crippen LogP contribution in [0.5, 0.6) is 0 Å². The summed E-state index contributed by atoms with van der Waals surface area (Å²) in [4.78, 5) is 12.1. The Balaban J connectivity index is 1.58. The molecule has 0 saturated heterocycles. The van der Waals surface area contributed by atoms with Crippen LogP contribution in [0, 0.1) is 0 Å². The number of aliphatic hydroxyl groups excluding tert-OH is 1. The zero-order chi connectivity index (χ0) is 19.5. The topological polar surface area (TPSA) is 69.6 Å². The van der Waals surface area contributed by atoms with Gasteiger partial charge in [-0.2, -0.15) is 0 Å². The summed E-state index contributed by atoms with van der Waals surface area (Å²) in [5.41, 5.74) is 4.63. The number of hydrogen-bond acceptors (Lipinski definition) is 4. The molecule has 4 rings (SSSR count). The molecule has 1 heterocycles. The maximum atomic E-state index is 12.1. The minimum atomic E-state index is -0.944. The quantitative estimate of drug-likeness (QED) is 0.411. The Hall–Kier alpha value is -2.63. The van der Waals surface area contributed by atoms with E-state index >= 15 is 0 Å². The number of carbonyl (C=O) groups is 1. The third-order valence-electron chi connectivity index (χ3n) is 5.50. The van der Waals surface area contributed by atoms with Gasteiger partial charge in [-0.25, -0.2) is 4.79 Å². The lowest BCUT2D eigenvalue weighted by atomic mass is 9.90. The van der Waals surface area contributed by atoms with Gasteiger partial charge < -0.3 is 15.5 Å². The number of aromatic carboxylic acids is 1. The number of aryl methyl sites for hydroxylation is 2. The molecule has 3 aromatic rings. The average Bonchev–Trinajstić information content (AvgIpc) is 3.00. The molecule has 2 aromatic carbocycles. The third kappa shape index (κ3) is 3.81. The fraction of sp³-hybridized carbons (Fsp3) is 0.261. The monoisotopic (exact) mass is 393 g/mol. The second-order valence-corrected chi connectivity index (χ2v) is 8.08. The minimum absolute atomic E-state index is 0.208. The van der Waals surface area contributed by atoms with Gasteiger partial charge in [0.05, 0.1) is 5.56 Å². The Bertz CT molecular complexity index is 940. The molecule has 4 nitrogen and oxygen atoms in total. The van der Waals surface area contributed by atoms with Crippen molar-refractivity contribution in [2.75, 3.05) is 5.32 Å². The zero-order valence-corrected chi connectivity index (χ0v) is 16.3. The number of benzene rings is 2. The molecule has 1 aromatic heterocycles. The van der Waals surface area contributed by atoms with Crippen molar-refractivity contribution in [3.05, 3.63) is 87.8 Å². The lowest BCUT2D eigenvalue weighted by Gasteiger charge is -2.16. The molecule has 28 heavy (non-hydrogen) atoms. The molecule has 0 radical (unpaired) electrons. The van der Waals surface area contributed by atoms with Crippen molar-refractivity contribution >= 4 is 22.3 Å². The molecule has 0 fully saturated rings. The van der Waals surface area contributed by atoms with Gasteiger partial charge in [-0.05, 0) is 53.7 Å². The van der Waals surface area contributed by atoms with Gasteiger partial charge in [-0.15, -0.1) is 11.3 Å². The number of aliphatic hydroxyl groups is 1. The molecule has 0 saturated carbocycles. The largest absolute Gasteiger partial charge is 0.478 e. The summed E-state index contributed by atoms with van der Waals surface area (Å²) in [6, 6.07) is 17.7. The van der Waals surface area contributed by atoms with E-state index in [2.05, 4.69) is 29.6 Å². The first kappa shape index (κ1) is 18.7. The van der Waals surface area contributed by atoms with Crippen molar-refractivity contribution in [2.45, 2.75) is 37.8 Å². The summed E-state index contributed by atoms with van der Waals surface area (Å²) < 4.78 is 0. The number of nitrogens with one attached hydrogen (secondary N) is 1. The Labute approximate surface area is 168 Å². The van der Waals surface area contributed by atoms with Gasteiger partial charge in [0.15, 0.2) is 6.23 Å². The zero-order valence-electron chi connectivity index (χ0n) is 15.5. The lowest BCUT2D eigenvalue weighted by Crippen LogP contribution is -2.13. The molecule has 0 aliphatic heterocycles. The molecule has 1 aliphatic carbocycles. The smallest absolute Gasteiger partial charge is 0.338 e. The molecule has 1 atom stereocenters. The van der Waals surface area contributed by atoms with Gasteiger partial charge in [0.1, 0.15) is 5.00 Å². The Kier molecular flexibility index (Phi) is 5.46. The normalized spacial score (nSPS) is 15.5. The fourth-order valence-corrected chi connectivity index (χ4v) is 5.06. The highest BCUT2D eigenvalue weighted by atomic mass is 32.1. The Morgan fingerprint density at radius 3 is 2.21 bits per heavy atom. The minimum Gasteiger partial charge on any atom is -0.478 e. The van der Waals surface area contributed by atoms with E-state index in [0.717, 1.165) is 31.2 Å². The highest BCUT2D eigenvalue weighted by Gasteiger charge is 2.27. The van der Waals surface area contributed by atoms with Crippen LogP contribution >= 0.6 is 11.3 Å². The maximum absolute atomic E-state index is 12.1. The van der Waals surface area contributed by atoms with E-state index in [9.17, 15) is 15.0 Å². The van der Waals surface area contributed by atoms with E-state index in [1.807, 2.05) is 35.7 Å². The number of carboxylic acid groups (broad SMARTS) is 1. The summed E-state index contributed by atoms with van der Waals surface area (Å²) in [6.45, 7) is 0. The predicted molar refractivity (Wildman–Crippen MR) is 112 cm³/mol. The van der Waals surface area contributed by atoms with Gasteiger partial charge >= 0.3 is 5.97 Å². The first-order chi connectivity index (χ1) is 13.6. The van der Waals surface area contributed by atoms with Crippen LogP contribution in [0.2, 0.25) is 0 Å². The van der Waals surface area contributed by atoms with Gasteiger partial charge in [-0.3, -0.25) is 0 Å². The summed E-state index contributed by atoms with van der Waals surface area (Å²) >= 11 is 1.36. The van der Waals surface area contributed by atoms with Crippen molar-refractivity contribution in [3.63, 3.8) is 0 Å². The third-order valence-corrected chi connectivity index (χ3v) is 6.43. The lowest BCUT2D eigenvalue weighted by molar-refractivity contribution is 0.0696. The van der Waals surface area contributed by atoms with E-state index in [-0.39, 0.29) is 5.92 Å². The molecule has 1 unspecified atom stereocenters. The second-order valence-electron chi connectivity index (χ2n) is 7.20. The predicted octanol–water partition coefficient (Wildman–Crippen LogP) is 5.21. The van der Waals surface area contributed by atoms with E-state index in [1.165, 1.54) is 22.5 Å². The summed E-state index contributed by atoms with van der Waals surface area (Å²) in [7, 11) is 0. The van der Waals surface area contributed by atoms with Crippen LogP contribution in [0.1, 0.15) is 57.6 Å². The van der Waals surface area contributed by atoms with Crippen molar-refractivity contribution < 1.29 is 15.0 Å². The molecule has 1 aliphatic rings. The molecule has 0 amide bonds. The standard InChI is InChI=1S/C23H23NO3S/c25-21(18-8-2-1-3-9-18)24-22-20(23(26)27)19(14-28-22)17-12-10-15-6-4-5-7-16(15)11-13-17/h1-9,14,17,21,24-25H,10-13H2,(H,26,27). The molecule has 0 bridgehead atoms. The molecule has 5 heteroatoms.